The number of ether oxygens (including phenoxy) is 4. The average molecular weight is 413 g/mol. The zero-order valence-corrected chi connectivity index (χ0v) is 17.4. The Kier molecular flexibility index (Phi) is 7.54. The van der Waals surface area contributed by atoms with E-state index >= 15 is 0 Å². The van der Waals surface area contributed by atoms with E-state index in [1.54, 1.807) is 36.4 Å². The number of hydrogen-bond acceptors (Lipinski definition) is 6. The SMILES string of the molecule is CCCOc1ccc(C(=O)CCC(=O)Nc2ccc3c(c2)OCO3)cc1OCCC. The largest absolute Gasteiger partial charge is 0.490 e. The Morgan fingerprint density at radius 3 is 2.40 bits per heavy atom. The molecule has 1 N–H and O–H groups in total. The van der Waals surface area contributed by atoms with E-state index in [1.165, 1.54) is 0 Å². The Balaban J connectivity index is 1.57. The molecule has 1 aliphatic heterocycles. The number of amides is 1. The molecule has 160 valence electrons. The van der Waals surface area contributed by atoms with E-state index in [0.29, 0.717) is 47.5 Å². The lowest BCUT2D eigenvalue weighted by Gasteiger charge is -2.13. The topological polar surface area (TPSA) is 83.1 Å². The van der Waals surface area contributed by atoms with Crippen molar-refractivity contribution in [2.45, 2.75) is 39.5 Å². The molecule has 1 amide bonds. The molecule has 0 bridgehead atoms. The molecule has 7 nitrogen and oxygen atoms in total. The van der Waals surface area contributed by atoms with Crippen molar-refractivity contribution in [3.63, 3.8) is 0 Å². The van der Waals surface area contributed by atoms with Gasteiger partial charge in [0.1, 0.15) is 0 Å². The molecule has 2 aromatic rings. The van der Waals surface area contributed by atoms with Crippen molar-refractivity contribution in [3.05, 3.63) is 42.0 Å². The summed E-state index contributed by atoms with van der Waals surface area (Å²) in [7, 11) is 0. The van der Waals surface area contributed by atoms with Crippen molar-refractivity contribution >= 4 is 17.4 Å². The Bertz CT molecular complexity index is 895. The lowest BCUT2D eigenvalue weighted by Crippen LogP contribution is -2.13. The third-order valence-corrected chi connectivity index (χ3v) is 4.42. The van der Waals surface area contributed by atoms with Gasteiger partial charge >= 0.3 is 0 Å². The smallest absolute Gasteiger partial charge is 0.231 e. The van der Waals surface area contributed by atoms with Gasteiger partial charge in [0, 0.05) is 30.2 Å². The molecule has 2 aromatic carbocycles. The molecule has 0 radical (unpaired) electrons. The van der Waals surface area contributed by atoms with Crippen molar-refractivity contribution in [3.8, 4) is 23.0 Å². The molecule has 3 rings (SSSR count). The maximum atomic E-state index is 12.6. The average Bonchev–Trinajstić information content (AvgIpc) is 3.22. The van der Waals surface area contributed by atoms with Crippen molar-refractivity contribution in [1.29, 1.82) is 0 Å². The lowest BCUT2D eigenvalue weighted by molar-refractivity contribution is -0.116. The molecular weight excluding hydrogens is 386 g/mol. The van der Waals surface area contributed by atoms with Crippen molar-refractivity contribution < 1.29 is 28.5 Å². The molecule has 0 saturated carbocycles. The van der Waals surface area contributed by atoms with Gasteiger partial charge in [0.05, 0.1) is 13.2 Å². The molecule has 0 spiro atoms. The van der Waals surface area contributed by atoms with Crippen LogP contribution in [-0.4, -0.2) is 31.7 Å². The molecule has 1 aliphatic rings. The molecule has 7 heteroatoms. The maximum Gasteiger partial charge on any atom is 0.231 e. The monoisotopic (exact) mass is 413 g/mol. The number of fused-ring (bicyclic) bond motifs is 1. The van der Waals surface area contributed by atoms with E-state index in [2.05, 4.69) is 5.32 Å². The number of hydrogen-bond donors (Lipinski definition) is 1. The fourth-order valence-corrected chi connectivity index (χ4v) is 2.91. The summed E-state index contributed by atoms with van der Waals surface area (Å²) in [5.74, 6) is 2.06. The van der Waals surface area contributed by atoms with Crippen LogP contribution in [0.3, 0.4) is 0 Å². The second kappa shape index (κ2) is 10.5. The molecule has 0 aliphatic carbocycles. The first-order valence-electron chi connectivity index (χ1n) is 10.2. The van der Waals surface area contributed by atoms with Crippen LogP contribution < -0.4 is 24.3 Å². The summed E-state index contributed by atoms with van der Waals surface area (Å²) in [6.45, 7) is 5.33. The number of carbonyl (C=O) groups is 2. The highest BCUT2D eigenvalue weighted by molar-refractivity contribution is 6.00. The number of rotatable bonds is 11. The summed E-state index contributed by atoms with van der Waals surface area (Å²) >= 11 is 0. The van der Waals surface area contributed by atoms with Gasteiger partial charge in [-0.1, -0.05) is 13.8 Å². The summed E-state index contributed by atoms with van der Waals surface area (Å²) in [6.07, 6.45) is 1.91. The summed E-state index contributed by atoms with van der Waals surface area (Å²) in [4.78, 5) is 24.8. The van der Waals surface area contributed by atoms with Crippen LogP contribution >= 0.6 is 0 Å². The number of benzene rings is 2. The summed E-state index contributed by atoms with van der Waals surface area (Å²) in [6, 6.07) is 10.3. The van der Waals surface area contributed by atoms with E-state index in [9.17, 15) is 9.59 Å². The Morgan fingerprint density at radius 2 is 1.63 bits per heavy atom. The first-order valence-corrected chi connectivity index (χ1v) is 10.2. The lowest BCUT2D eigenvalue weighted by atomic mass is 10.1. The van der Waals surface area contributed by atoms with Crippen LogP contribution in [0.1, 0.15) is 49.9 Å². The van der Waals surface area contributed by atoms with Gasteiger partial charge in [0.25, 0.3) is 0 Å². The Hall–Kier alpha value is -3.22. The molecule has 0 saturated heterocycles. The van der Waals surface area contributed by atoms with Crippen molar-refractivity contribution in [1.82, 2.24) is 0 Å². The van der Waals surface area contributed by atoms with Crippen molar-refractivity contribution in [2.24, 2.45) is 0 Å². The fraction of sp³-hybridized carbons (Fsp3) is 0.391. The zero-order valence-electron chi connectivity index (χ0n) is 17.4. The molecule has 0 unspecified atom stereocenters. The Labute approximate surface area is 176 Å². The normalized spacial score (nSPS) is 11.8. The van der Waals surface area contributed by atoms with Gasteiger partial charge in [0.2, 0.25) is 12.7 Å². The summed E-state index contributed by atoms with van der Waals surface area (Å²) < 4.78 is 22.0. The number of anilines is 1. The van der Waals surface area contributed by atoms with Gasteiger partial charge in [-0.05, 0) is 43.2 Å². The first kappa shape index (κ1) is 21.5. The van der Waals surface area contributed by atoms with Gasteiger partial charge in [-0.15, -0.1) is 0 Å². The Morgan fingerprint density at radius 1 is 0.900 bits per heavy atom. The molecule has 0 atom stereocenters. The summed E-state index contributed by atoms with van der Waals surface area (Å²) in [5.41, 5.74) is 1.10. The van der Waals surface area contributed by atoms with Crippen LogP contribution in [0.15, 0.2) is 36.4 Å². The van der Waals surface area contributed by atoms with Gasteiger partial charge in [0.15, 0.2) is 28.8 Å². The van der Waals surface area contributed by atoms with E-state index in [4.69, 9.17) is 18.9 Å². The molecular formula is C23H27NO6. The van der Waals surface area contributed by atoms with Gasteiger partial charge in [-0.3, -0.25) is 9.59 Å². The highest BCUT2D eigenvalue weighted by Crippen LogP contribution is 2.34. The van der Waals surface area contributed by atoms with Gasteiger partial charge < -0.3 is 24.3 Å². The van der Waals surface area contributed by atoms with E-state index in [0.717, 1.165) is 12.8 Å². The summed E-state index contributed by atoms with van der Waals surface area (Å²) in [5, 5.41) is 2.78. The number of carbonyl (C=O) groups excluding carboxylic acids is 2. The van der Waals surface area contributed by atoms with Crippen LogP contribution in [-0.2, 0) is 4.79 Å². The molecule has 0 aromatic heterocycles. The van der Waals surface area contributed by atoms with Crippen LogP contribution in [0, 0.1) is 0 Å². The van der Waals surface area contributed by atoms with Gasteiger partial charge in [-0.25, -0.2) is 0 Å². The standard InChI is InChI=1S/C23H27NO6/c1-3-11-27-19-8-5-16(13-21(19)28-12-4-2)18(25)7-10-23(26)24-17-6-9-20-22(14-17)30-15-29-20/h5-6,8-9,13-14H,3-4,7,10-12,15H2,1-2H3,(H,24,26). The zero-order chi connectivity index (χ0) is 21.3. The van der Waals surface area contributed by atoms with E-state index in [-0.39, 0.29) is 31.3 Å². The quantitative estimate of drug-likeness (QED) is 0.542. The maximum absolute atomic E-state index is 12.6. The highest BCUT2D eigenvalue weighted by Gasteiger charge is 2.16. The second-order valence-electron chi connectivity index (χ2n) is 6.90. The first-order chi connectivity index (χ1) is 14.6. The highest BCUT2D eigenvalue weighted by atomic mass is 16.7. The minimum atomic E-state index is -0.243. The fourth-order valence-electron chi connectivity index (χ4n) is 2.91. The van der Waals surface area contributed by atoms with E-state index in [1.807, 2.05) is 13.8 Å². The van der Waals surface area contributed by atoms with E-state index < -0.39 is 0 Å². The molecule has 30 heavy (non-hydrogen) atoms. The second-order valence-corrected chi connectivity index (χ2v) is 6.90. The number of Topliss-reactive ketones (excluding diaryl/α,β-unsaturated/α-hetero) is 1. The third-order valence-electron chi connectivity index (χ3n) is 4.42. The molecule has 0 fully saturated rings. The third kappa shape index (κ3) is 5.65. The minimum Gasteiger partial charge on any atom is -0.490 e. The predicted octanol–water partition coefficient (Wildman–Crippen LogP) is 4.59. The van der Waals surface area contributed by atoms with Crippen molar-refractivity contribution in [2.75, 3.05) is 25.3 Å². The molecule has 1 heterocycles. The number of nitrogens with one attached hydrogen (secondary N) is 1. The van der Waals surface area contributed by atoms with Crippen LogP contribution in [0.2, 0.25) is 0 Å². The minimum absolute atomic E-state index is 0.0759. The number of ketones is 1. The van der Waals surface area contributed by atoms with Gasteiger partial charge in [-0.2, -0.15) is 0 Å². The van der Waals surface area contributed by atoms with Crippen LogP contribution in [0.5, 0.6) is 23.0 Å². The van der Waals surface area contributed by atoms with Crippen LogP contribution in [0.4, 0.5) is 5.69 Å². The van der Waals surface area contributed by atoms with Crippen LogP contribution in [0.25, 0.3) is 0 Å². The predicted molar refractivity (Wildman–Crippen MR) is 113 cm³/mol.